The highest BCUT2D eigenvalue weighted by Gasteiger charge is 2.44. The van der Waals surface area contributed by atoms with Crippen molar-refractivity contribution in [1.82, 2.24) is 0 Å². The summed E-state index contributed by atoms with van der Waals surface area (Å²) in [6.45, 7) is 14.5. The molecule has 1 saturated carbocycles. The van der Waals surface area contributed by atoms with Crippen molar-refractivity contribution in [3.8, 4) is 0 Å². The van der Waals surface area contributed by atoms with Gasteiger partial charge in [0, 0.05) is 0 Å². The second-order valence-electron chi connectivity index (χ2n) is 5.94. The van der Waals surface area contributed by atoms with Crippen LogP contribution in [-0.4, -0.2) is 16.0 Å². The van der Waals surface area contributed by atoms with Crippen LogP contribution in [0, 0.1) is 0 Å². The Morgan fingerprint density at radius 1 is 0.833 bits per heavy atom. The minimum absolute atomic E-state index is 0.209. The Morgan fingerprint density at radius 2 is 1.17 bits per heavy atom. The molecule has 0 spiro atoms. The van der Waals surface area contributed by atoms with Crippen molar-refractivity contribution in [2.45, 2.75) is 70.4 Å². The van der Waals surface area contributed by atoms with Crippen LogP contribution in [-0.2, 0) is 0 Å². The molecule has 0 radical (unpaired) electrons. The lowest BCUT2D eigenvalue weighted by Crippen LogP contribution is -2.26. The zero-order chi connectivity index (χ0) is 9.57. The summed E-state index contributed by atoms with van der Waals surface area (Å²) in [4.78, 5) is 0. The molecule has 1 aliphatic rings. The average Bonchev–Trinajstić information content (AvgIpc) is 2.38. The minimum Gasteiger partial charge on any atom is -0.0924 e. The Balaban J connectivity index is 2.74. The van der Waals surface area contributed by atoms with E-state index in [0.29, 0.717) is 10.3 Å². The van der Waals surface area contributed by atoms with Crippen LogP contribution in [0.4, 0.5) is 0 Å². The van der Waals surface area contributed by atoms with E-state index in [4.69, 9.17) is 0 Å². The molecule has 0 bridgehead atoms. The SMILES string of the molecule is CC(C)(C)P(C1CC1)C(C)(C)C. The fourth-order valence-electron chi connectivity index (χ4n) is 2.43. The van der Waals surface area contributed by atoms with Crippen LogP contribution in [0.2, 0.25) is 0 Å². The van der Waals surface area contributed by atoms with E-state index in [-0.39, 0.29) is 7.92 Å². The minimum atomic E-state index is 0.209. The van der Waals surface area contributed by atoms with Gasteiger partial charge in [0.2, 0.25) is 0 Å². The average molecular weight is 186 g/mol. The maximum atomic E-state index is 2.42. The molecule has 0 aromatic rings. The molecular formula is C11H23P. The molecule has 0 saturated heterocycles. The van der Waals surface area contributed by atoms with Crippen molar-refractivity contribution >= 4 is 7.92 Å². The predicted molar refractivity (Wildman–Crippen MR) is 59.4 cm³/mol. The lowest BCUT2D eigenvalue weighted by atomic mass is 10.2. The van der Waals surface area contributed by atoms with Gasteiger partial charge in [0.25, 0.3) is 0 Å². The Labute approximate surface area is 78.9 Å². The Kier molecular flexibility index (Phi) is 2.61. The molecule has 0 aromatic heterocycles. The Hall–Kier alpha value is 0.430. The second-order valence-corrected chi connectivity index (χ2v) is 10.1. The number of rotatable bonds is 1. The van der Waals surface area contributed by atoms with Gasteiger partial charge in [-0.1, -0.05) is 49.5 Å². The third kappa shape index (κ3) is 2.46. The second kappa shape index (κ2) is 2.98. The van der Waals surface area contributed by atoms with Gasteiger partial charge >= 0.3 is 0 Å². The van der Waals surface area contributed by atoms with E-state index in [2.05, 4.69) is 41.5 Å². The number of hydrogen-bond donors (Lipinski definition) is 0. The molecule has 0 unspecified atom stereocenters. The summed E-state index contributed by atoms with van der Waals surface area (Å²) in [5.41, 5.74) is 1.08. The van der Waals surface area contributed by atoms with E-state index in [9.17, 15) is 0 Å². The summed E-state index contributed by atoms with van der Waals surface area (Å²) in [7, 11) is 0.209. The van der Waals surface area contributed by atoms with Crippen molar-refractivity contribution in [2.75, 3.05) is 0 Å². The quantitative estimate of drug-likeness (QED) is 0.538. The van der Waals surface area contributed by atoms with Crippen molar-refractivity contribution in [3.05, 3.63) is 0 Å². The lowest BCUT2D eigenvalue weighted by Gasteiger charge is -2.42. The highest BCUT2D eigenvalue weighted by molar-refractivity contribution is 7.61. The van der Waals surface area contributed by atoms with Gasteiger partial charge in [-0.25, -0.2) is 0 Å². The Morgan fingerprint density at radius 3 is 1.25 bits per heavy atom. The Bertz CT molecular complexity index is 141. The molecule has 0 nitrogen and oxygen atoms in total. The molecule has 12 heavy (non-hydrogen) atoms. The summed E-state index contributed by atoms with van der Waals surface area (Å²) >= 11 is 0. The zero-order valence-corrected chi connectivity index (χ0v) is 10.3. The van der Waals surface area contributed by atoms with Gasteiger partial charge in [-0.05, 0) is 28.8 Å². The van der Waals surface area contributed by atoms with Crippen molar-refractivity contribution in [2.24, 2.45) is 0 Å². The van der Waals surface area contributed by atoms with Crippen molar-refractivity contribution in [1.29, 1.82) is 0 Å². The fraction of sp³-hybridized carbons (Fsp3) is 1.00. The first kappa shape index (κ1) is 10.5. The van der Waals surface area contributed by atoms with E-state index >= 15 is 0 Å². The summed E-state index contributed by atoms with van der Waals surface area (Å²) in [6.07, 6.45) is 3.00. The van der Waals surface area contributed by atoms with Crippen LogP contribution < -0.4 is 0 Å². The normalized spacial score (nSPS) is 20.2. The lowest BCUT2D eigenvalue weighted by molar-refractivity contribution is 0.702. The van der Waals surface area contributed by atoms with Gasteiger partial charge in [-0.15, -0.1) is 0 Å². The summed E-state index contributed by atoms with van der Waals surface area (Å²) in [5.74, 6) is 0. The third-order valence-corrected chi connectivity index (χ3v) is 6.49. The summed E-state index contributed by atoms with van der Waals surface area (Å²) < 4.78 is 0. The van der Waals surface area contributed by atoms with Crippen LogP contribution in [0.3, 0.4) is 0 Å². The molecule has 0 aromatic carbocycles. The van der Waals surface area contributed by atoms with Crippen molar-refractivity contribution in [3.63, 3.8) is 0 Å². The van der Waals surface area contributed by atoms with Crippen LogP contribution in [0.15, 0.2) is 0 Å². The van der Waals surface area contributed by atoms with Gasteiger partial charge in [0.05, 0.1) is 0 Å². The molecule has 1 aliphatic carbocycles. The van der Waals surface area contributed by atoms with E-state index in [1.807, 2.05) is 0 Å². The van der Waals surface area contributed by atoms with Gasteiger partial charge < -0.3 is 0 Å². The molecule has 1 rings (SSSR count). The van der Waals surface area contributed by atoms with Crippen LogP contribution in [0.1, 0.15) is 54.4 Å². The van der Waals surface area contributed by atoms with E-state index in [1.165, 1.54) is 12.8 Å². The molecule has 0 N–H and O–H groups in total. The molecular weight excluding hydrogens is 163 g/mol. The largest absolute Gasteiger partial charge is 0.0924 e. The fourth-order valence-corrected chi connectivity index (χ4v) is 7.30. The first-order chi connectivity index (χ1) is 5.23. The highest BCUT2D eigenvalue weighted by atomic mass is 31.1. The molecule has 1 fully saturated rings. The standard InChI is InChI=1S/C11H23P/c1-10(2,3)12(9-7-8-9)11(4,5)6/h9H,7-8H2,1-6H3. The van der Waals surface area contributed by atoms with Crippen LogP contribution in [0.5, 0.6) is 0 Å². The third-order valence-electron chi connectivity index (χ3n) is 2.36. The first-order valence-electron chi connectivity index (χ1n) is 5.02. The molecule has 1 heteroatoms. The number of hydrogen-bond acceptors (Lipinski definition) is 0. The maximum Gasteiger partial charge on any atom is -0.0172 e. The molecule has 0 heterocycles. The van der Waals surface area contributed by atoms with Crippen LogP contribution >= 0.6 is 7.92 Å². The van der Waals surface area contributed by atoms with E-state index in [1.54, 1.807) is 0 Å². The van der Waals surface area contributed by atoms with Crippen molar-refractivity contribution < 1.29 is 0 Å². The van der Waals surface area contributed by atoms with E-state index in [0.717, 1.165) is 5.66 Å². The smallest absolute Gasteiger partial charge is 0.0172 e. The molecule has 72 valence electrons. The predicted octanol–water partition coefficient (Wildman–Crippen LogP) is 4.23. The van der Waals surface area contributed by atoms with Gasteiger partial charge in [0.1, 0.15) is 0 Å². The summed E-state index contributed by atoms with van der Waals surface area (Å²) in [6, 6.07) is 0. The van der Waals surface area contributed by atoms with Gasteiger partial charge in [-0.3, -0.25) is 0 Å². The molecule has 0 atom stereocenters. The maximum absolute atomic E-state index is 2.42. The monoisotopic (exact) mass is 186 g/mol. The zero-order valence-electron chi connectivity index (χ0n) is 9.44. The highest BCUT2D eigenvalue weighted by Crippen LogP contribution is 2.68. The van der Waals surface area contributed by atoms with Crippen LogP contribution in [0.25, 0.3) is 0 Å². The van der Waals surface area contributed by atoms with E-state index < -0.39 is 0 Å². The topological polar surface area (TPSA) is 0 Å². The first-order valence-corrected chi connectivity index (χ1v) is 6.43. The molecule has 0 amide bonds. The molecule has 0 aliphatic heterocycles. The van der Waals surface area contributed by atoms with Gasteiger partial charge in [-0.2, -0.15) is 0 Å². The summed E-state index contributed by atoms with van der Waals surface area (Å²) in [5, 5.41) is 1.10. The van der Waals surface area contributed by atoms with Gasteiger partial charge in [0.15, 0.2) is 0 Å².